The zero-order valence-electron chi connectivity index (χ0n) is 13.7. The molecule has 1 aliphatic heterocycles. The number of carbonyl (C=O) groups excluding carboxylic acids is 1. The third-order valence-corrected chi connectivity index (χ3v) is 4.37. The number of carbonyl (C=O) groups is 1. The smallest absolute Gasteiger partial charge is 0.230 e. The number of amides is 1. The largest absolute Gasteiger partial charge is 0.486 e. The zero-order valence-corrected chi connectivity index (χ0v) is 14.5. The number of rotatable bonds is 5. The molecule has 0 aliphatic carbocycles. The molecule has 0 bridgehead atoms. The summed E-state index contributed by atoms with van der Waals surface area (Å²) in [6, 6.07) is 6.94. The van der Waals surface area contributed by atoms with Gasteiger partial charge < -0.3 is 26.3 Å². The minimum Gasteiger partial charge on any atom is -0.486 e. The Morgan fingerprint density at radius 2 is 1.88 bits per heavy atom. The molecule has 0 saturated heterocycles. The molecule has 2 aromatic rings. The van der Waals surface area contributed by atoms with Gasteiger partial charge in [-0.15, -0.1) is 0 Å². The highest BCUT2D eigenvalue weighted by Gasteiger charge is 2.16. The Morgan fingerprint density at radius 3 is 2.60 bits per heavy atom. The fourth-order valence-corrected chi connectivity index (χ4v) is 3.04. The second kappa shape index (κ2) is 7.47. The van der Waals surface area contributed by atoms with Gasteiger partial charge in [0.25, 0.3) is 0 Å². The van der Waals surface area contributed by atoms with Crippen LogP contribution in [0, 0.1) is 0 Å². The van der Waals surface area contributed by atoms with Crippen molar-refractivity contribution in [2.24, 2.45) is 0 Å². The van der Waals surface area contributed by atoms with Gasteiger partial charge in [0.05, 0.1) is 11.8 Å². The van der Waals surface area contributed by atoms with Crippen molar-refractivity contribution >= 4 is 29.3 Å². The molecule has 132 valence electrons. The molecule has 1 aliphatic rings. The van der Waals surface area contributed by atoms with Crippen LogP contribution in [0.4, 0.5) is 11.6 Å². The lowest BCUT2D eigenvalue weighted by Crippen LogP contribution is -2.28. The monoisotopic (exact) mass is 361 g/mol. The Kier molecular flexibility index (Phi) is 5.13. The first-order valence-corrected chi connectivity index (χ1v) is 8.71. The van der Waals surface area contributed by atoms with E-state index < -0.39 is 0 Å². The molecule has 3 rings (SSSR count). The van der Waals surface area contributed by atoms with Crippen LogP contribution >= 0.6 is 11.8 Å². The number of fused-ring (bicyclic) bond motifs is 1. The van der Waals surface area contributed by atoms with E-state index in [9.17, 15) is 4.79 Å². The van der Waals surface area contributed by atoms with Gasteiger partial charge in [-0.25, -0.2) is 9.97 Å². The first kappa shape index (κ1) is 17.2. The molecule has 2 heterocycles. The lowest BCUT2D eigenvalue weighted by molar-refractivity contribution is -0.119. The van der Waals surface area contributed by atoms with Crippen LogP contribution in [0.15, 0.2) is 29.4 Å². The average Bonchev–Trinajstić information content (AvgIpc) is 2.58. The molecule has 1 unspecified atom stereocenters. The van der Waals surface area contributed by atoms with E-state index in [1.165, 1.54) is 17.8 Å². The van der Waals surface area contributed by atoms with Gasteiger partial charge in [0.2, 0.25) is 5.91 Å². The van der Waals surface area contributed by atoms with E-state index in [1.54, 1.807) is 0 Å². The molecule has 0 fully saturated rings. The van der Waals surface area contributed by atoms with Gasteiger partial charge in [0.1, 0.15) is 24.8 Å². The van der Waals surface area contributed by atoms with Crippen molar-refractivity contribution in [3.8, 4) is 11.5 Å². The number of nitrogens with one attached hydrogen (secondary N) is 1. The molecule has 1 amide bonds. The topological polar surface area (TPSA) is 125 Å². The number of nitrogen functional groups attached to an aromatic ring is 2. The van der Waals surface area contributed by atoms with Gasteiger partial charge in [-0.05, 0) is 24.6 Å². The minimum absolute atomic E-state index is 0.142. The van der Waals surface area contributed by atoms with Crippen LogP contribution in [-0.4, -0.2) is 34.8 Å². The maximum absolute atomic E-state index is 12.2. The Labute approximate surface area is 149 Å². The van der Waals surface area contributed by atoms with Crippen LogP contribution in [0.1, 0.15) is 18.5 Å². The predicted octanol–water partition coefficient (Wildman–Crippen LogP) is 1.38. The second-order valence-corrected chi connectivity index (χ2v) is 6.42. The Morgan fingerprint density at radius 1 is 1.20 bits per heavy atom. The Balaban J connectivity index is 1.57. The number of anilines is 2. The van der Waals surface area contributed by atoms with E-state index in [2.05, 4.69) is 15.3 Å². The van der Waals surface area contributed by atoms with Crippen LogP contribution in [0.2, 0.25) is 0 Å². The first-order chi connectivity index (χ1) is 12.0. The third-order valence-electron chi connectivity index (χ3n) is 3.52. The van der Waals surface area contributed by atoms with Crippen molar-refractivity contribution < 1.29 is 14.3 Å². The maximum atomic E-state index is 12.2. The molecule has 0 spiro atoms. The van der Waals surface area contributed by atoms with Crippen molar-refractivity contribution in [1.82, 2.24) is 15.3 Å². The van der Waals surface area contributed by atoms with Gasteiger partial charge in [-0.1, -0.05) is 17.8 Å². The van der Waals surface area contributed by atoms with Gasteiger partial charge in [0, 0.05) is 6.07 Å². The molecule has 25 heavy (non-hydrogen) atoms. The van der Waals surface area contributed by atoms with Crippen molar-refractivity contribution in [1.29, 1.82) is 0 Å². The minimum atomic E-state index is -0.171. The molecule has 1 aromatic heterocycles. The van der Waals surface area contributed by atoms with E-state index in [1.807, 2.05) is 25.1 Å². The normalized spacial score (nSPS) is 14.0. The second-order valence-electron chi connectivity index (χ2n) is 5.48. The van der Waals surface area contributed by atoms with Crippen molar-refractivity contribution in [2.75, 3.05) is 30.4 Å². The highest BCUT2D eigenvalue weighted by atomic mass is 32.2. The Hall–Kier alpha value is -2.68. The quantitative estimate of drug-likeness (QED) is 0.539. The van der Waals surface area contributed by atoms with E-state index in [4.69, 9.17) is 20.9 Å². The number of hydrogen-bond donors (Lipinski definition) is 3. The number of aromatic nitrogens is 2. The summed E-state index contributed by atoms with van der Waals surface area (Å²) in [5.74, 6) is 2.00. The van der Waals surface area contributed by atoms with Crippen LogP contribution < -0.4 is 26.3 Å². The van der Waals surface area contributed by atoms with Gasteiger partial charge in [-0.2, -0.15) is 0 Å². The molecular formula is C16H19N5O3S. The maximum Gasteiger partial charge on any atom is 0.230 e. The van der Waals surface area contributed by atoms with E-state index >= 15 is 0 Å². The fourth-order valence-electron chi connectivity index (χ4n) is 2.35. The number of benzene rings is 1. The number of nitrogens with zero attached hydrogens (tertiary/aromatic N) is 2. The summed E-state index contributed by atoms with van der Waals surface area (Å²) in [6.45, 7) is 2.98. The summed E-state index contributed by atoms with van der Waals surface area (Å²) < 4.78 is 11.1. The molecule has 1 aromatic carbocycles. The summed E-state index contributed by atoms with van der Waals surface area (Å²) in [4.78, 5) is 20.2. The van der Waals surface area contributed by atoms with Crippen LogP contribution in [0.25, 0.3) is 0 Å². The van der Waals surface area contributed by atoms with Gasteiger partial charge in [-0.3, -0.25) is 4.79 Å². The summed E-state index contributed by atoms with van der Waals surface area (Å²) in [5, 5.41) is 3.30. The van der Waals surface area contributed by atoms with Crippen LogP contribution in [0.5, 0.6) is 11.5 Å². The highest BCUT2D eigenvalue weighted by molar-refractivity contribution is 7.99. The number of nitrogens with two attached hydrogens (primary N) is 2. The number of ether oxygens (including phenoxy) is 2. The zero-order chi connectivity index (χ0) is 17.8. The molecule has 0 radical (unpaired) electrons. The van der Waals surface area contributed by atoms with Gasteiger partial charge >= 0.3 is 0 Å². The molecule has 9 heteroatoms. The SMILES string of the molecule is CC(NC(=O)CSc1nc(N)cc(N)n1)c1ccc2c(c1)OCCO2. The third kappa shape index (κ3) is 4.44. The molecule has 5 N–H and O–H groups in total. The lowest BCUT2D eigenvalue weighted by atomic mass is 10.1. The average molecular weight is 361 g/mol. The molecule has 8 nitrogen and oxygen atoms in total. The number of hydrogen-bond acceptors (Lipinski definition) is 8. The standard InChI is InChI=1S/C16H19N5O3S/c1-9(10-2-3-11-12(6-10)24-5-4-23-11)19-15(22)8-25-16-20-13(17)7-14(18)21-16/h2-3,6-7,9H,4-5,8H2,1H3,(H,19,22)(H4,17,18,20,21). The molecular weight excluding hydrogens is 342 g/mol. The fraction of sp³-hybridized carbons (Fsp3) is 0.312. The van der Waals surface area contributed by atoms with E-state index in [-0.39, 0.29) is 29.3 Å². The molecule has 1 atom stereocenters. The van der Waals surface area contributed by atoms with Crippen molar-refractivity contribution in [3.63, 3.8) is 0 Å². The van der Waals surface area contributed by atoms with Crippen LogP contribution in [-0.2, 0) is 4.79 Å². The van der Waals surface area contributed by atoms with Crippen molar-refractivity contribution in [2.45, 2.75) is 18.1 Å². The number of thioether (sulfide) groups is 1. The first-order valence-electron chi connectivity index (χ1n) is 7.73. The van der Waals surface area contributed by atoms with E-state index in [0.717, 1.165) is 11.3 Å². The van der Waals surface area contributed by atoms with Crippen molar-refractivity contribution in [3.05, 3.63) is 29.8 Å². The summed E-state index contributed by atoms with van der Waals surface area (Å²) in [6.07, 6.45) is 0. The predicted molar refractivity (Wildman–Crippen MR) is 95.6 cm³/mol. The van der Waals surface area contributed by atoms with E-state index in [0.29, 0.717) is 24.1 Å². The highest BCUT2D eigenvalue weighted by Crippen LogP contribution is 2.32. The lowest BCUT2D eigenvalue weighted by Gasteiger charge is -2.21. The molecule has 0 saturated carbocycles. The van der Waals surface area contributed by atoms with Crippen LogP contribution in [0.3, 0.4) is 0 Å². The summed E-state index contributed by atoms with van der Waals surface area (Å²) in [5.41, 5.74) is 12.2. The summed E-state index contributed by atoms with van der Waals surface area (Å²) >= 11 is 1.18. The summed E-state index contributed by atoms with van der Waals surface area (Å²) in [7, 11) is 0. The van der Waals surface area contributed by atoms with Gasteiger partial charge in [0.15, 0.2) is 16.7 Å². The Bertz CT molecular complexity index is 766.